The molecule has 0 aliphatic rings. The third-order valence-corrected chi connectivity index (χ3v) is 3.65. The van der Waals surface area contributed by atoms with Crippen LogP contribution in [0, 0.1) is 5.41 Å². The van der Waals surface area contributed by atoms with E-state index < -0.39 is 22.2 Å². The Balaban J connectivity index is 4.46. The van der Waals surface area contributed by atoms with Crippen LogP contribution in [0.4, 0.5) is 0 Å². The molecule has 0 fully saturated rings. The Morgan fingerprint density at radius 2 is 1.81 bits per heavy atom. The molecule has 0 aromatic rings. The maximum Gasteiger partial charge on any atom is 0.319 e. The third-order valence-electron chi connectivity index (χ3n) is 2.21. The number of Topliss-reactive ketones (excluding diaryl/α,β-unsaturated/α-hetero) is 1. The van der Waals surface area contributed by atoms with E-state index in [4.69, 9.17) is 4.74 Å². The van der Waals surface area contributed by atoms with Crippen molar-refractivity contribution in [2.24, 2.45) is 5.41 Å². The van der Waals surface area contributed by atoms with E-state index in [1.807, 2.05) is 6.92 Å². The molecule has 0 bridgehead atoms. The largest absolute Gasteiger partial charge is 0.465 e. The van der Waals surface area contributed by atoms with Crippen LogP contribution >= 0.6 is 0 Å². The zero-order valence-corrected chi connectivity index (χ0v) is 11.2. The highest BCUT2D eigenvalue weighted by atomic mass is 32.2. The molecule has 0 rings (SSSR count). The first-order chi connectivity index (χ1) is 7.36. The van der Waals surface area contributed by atoms with Crippen molar-refractivity contribution in [3.8, 4) is 0 Å². The van der Waals surface area contributed by atoms with Crippen LogP contribution in [0.1, 0.15) is 34.1 Å². The fourth-order valence-corrected chi connectivity index (χ4v) is 2.30. The van der Waals surface area contributed by atoms with Crippen LogP contribution in [0.15, 0.2) is 0 Å². The van der Waals surface area contributed by atoms with E-state index in [0.29, 0.717) is 5.75 Å². The molecule has 0 N–H and O–H groups in total. The summed E-state index contributed by atoms with van der Waals surface area (Å²) >= 11 is 0. The lowest BCUT2D eigenvalue weighted by Gasteiger charge is -2.20. The van der Waals surface area contributed by atoms with Crippen molar-refractivity contribution in [3.05, 3.63) is 0 Å². The molecule has 94 valence electrons. The van der Waals surface area contributed by atoms with Gasteiger partial charge in [0.1, 0.15) is 5.41 Å². The summed E-state index contributed by atoms with van der Waals surface area (Å²) in [6.07, 6.45) is 0.764. The molecule has 5 heteroatoms. The van der Waals surface area contributed by atoms with Gasteiger partial charge in [-0.3, -0.25) is 13.8 Å². The van der Waals surface area contributed by atoms with E-state index in [9.17, 15) is 13.8 Å². The predicted molar refractivity (Wildman–Crippen MR) is 63.6 cm³/mol. The molecule has 0 saturated carbocycles. The quantitative estimate of drug-likeness (QED) is 0.503. The van der Waals surface area contributed by atoms with Gasteiger partial charge in [0.25, 0.3) is 0 Å². The van der Waals surface area contributed by atoms with Gasteiger partial charge in [0, 0.05) is 16.6 Å². The Bertz CT molecular complexity index is 284. The SMILES string of the molecule is CCCS(=O)CC(=O)C(C)(C)C(=O)OCC. The number of esters is 1. The van der Waals surface area contributed by atoms with Gasteiger partial charge in [-0.2, -0.15) is 0 Å². The number of rotatable bonds is 7. The lowest BCUT2D eigenvalue weighted by atomic mass is 9.89. The number of hydrogen-bond donors (Lipinski definition) is 0. The second-order valence-electron chi connectivity index (χ2n) is 4.06. The first-order valence-electron chi connectivity index (χ1n) is 5.41. The lowest BCUT2D eigenvalue weighted by Crippen LogP contribution is -2.38. The van der Waals surface area contributed by atoms with Crippen molar-refractivity contribution in [1.82, 2.24) is 0 Å². The van der Waals surface area contributed by atoms with Crippen molar-refractivity contribution in [1.29, 1.82) is 0 Å². The van der Waals surface area contributed by atoms with Crippen LogP contribution in [0.2, 0.25) is 0 Å². The number of carbonyl (C=O) groups excluding carboxylic acids is 2. The lowest BCUT2D eigenvalue weighted by molar-refractivity contribution is -0.157. The van der Waals surface area contributed by atoms with E-state index >= 15 is 0 Å². The van der Waals surface area contributed by atoms with Gasteiger partial charge in [0.2, 0.25) is 0 Å². The van der Waals surface area contributed by atoms with E-state index in [2.05, 4.69) is 0 Å². The Hall–Kier alpha value is -0.710. The molecule has 0 heterocycles. The molecule has 0 amide bonds. The first kappa shape index (κ1) is 15.3. The van der Waals surface area contributed by atoms with Crippen molar-refractivity contribution >= 4 is 22.6 Å². The van der Waals surface area contributed by atoms with Crippen LogP contribution in [0.5, 0.6) is 0 Å². The molecule has 0 aromatic heterocycles. The second-order valence-corrected chi connectivity index (χ2v) is 5.63. The molecule has 0 saturated heterocycles. The summed E-state index contributed by atoms with van der Waals surface area (Å²) in [5, 5.41) is 0. The van der Waals surface area contributed by atoms with Crippen LogP contribution in [0.3, 0.4) is 0 Å². The van der Waals surface area contributed by atoms with Gasteiger partial charge >= 0.3 is 5.97 Å². The topological polar surface area (TPSA) is 60.4 Å². The van der Waals surface area contributed by atoms with Gasteiger partial charge in [-0.25, -0.2) is 0 Å². The Morgan fingerprint density at radius 3 is 2.25 bits per heavy atom. The van der Waals surface area contributed by atoms with E-state index in [0.717, 1.165) is 6.42 Å². The highest BCUT2D eigenvalue weighted by molar-refractivity contribution is 7.85. The van der Waals surface area contributed by atoms with Crippen molar-refractivity contribution in [2.45, 2.75) is 34.1 Å². The van der Waals surface area contributed by atoms with E-state index in [1.54, 1.807) is 6.92 Å². The number of ether oxygens (including phenoxy) is 1. The van der Waals surface area contributed by atoms with Gasteiger partial charge in [-0.15, -0.1) is 0 Å². The molecule has 1 unspecified atom stereocenters. The maximum atomic E-state index is 11.8. The third kappa shape index (κ3) is 4.43. The van der Waals surface area contributed by atoms with Crippen molar-refractivity contribution in [2.75, 3.05) is 18.1 Å². The molecule has 0 aliphatic heterocycles. The van der Waals surface area contributed by atoms with Gasteiger partial charge in [0.05, 0.1) is 12.4 Å². The number of hydrogen-bond acceptors (Lipinski definition) is 4. The summed E-state index contributed by atoms with van der Waals surface area (Å²) in [5.74, 6) is -0.448. The maximum absolute atomic E-state index is 11.8. The monoisotopic (exact) mass is 248 g/mol. The standard InChI is InChI=1S/C11H20O4S/c1-5-7-16(14)8-9(12)11(3,4)10(13)15-6-2/h5-8H2,1-4H3. The summed E-state index contributed by atoms with van der Waals surface area (Å²) < 4.78 is 16.2. The smallest absolute Gasteiger partial charge is 0.319 e. The minimum atomic E-state index is -1.20. The average molecular weight is 248 g/mol. The summed E-state index contributed by atoms with van der Waals surface area (Å²) in [5.41, 5.74) is -1.20. The zero-order valence-electron chi connectivity index (χ0n) is 10.4. The molecular weight excluding hydrogens is 228 g/mol. The van der Waals surface area contributed by atoms with Gasteiger partial charge in [-0.05, 0) is 27.2 Å². The normalized spacial score (nSPS) is 13.2. The number of ketones is 1. The molecule has 0 spiro atoms. The van der Waals surface area contributed by atoms with Gasteiger partial charge in [0.15, 0.2) is 5.78 Å². The first-order valence-corrected chi connectivity index (χ1v) is 6.90. The van der Waals surface area contributed by atoms with Crippen LogP contribution < -0.4 is 0 Å². The van der Waals surface area contributed by atoms with Crippen LogP contribution in [0.25, 0.3) is 0 Å². The van der Waals surface area contributed by atoms with Gasteiger partial charge < -0.3 is 4.74 Å². The van der Waals surface area contributed by atoms with Crippen molar-refractivity contribution < 1.29 is 18.5 Å². The molecule has 1 atom stereocenters. The van der Waals surface area contributed by atoms with E-state index in [1.165, 1.54) is 13.8 Å². The number of carbonyl (C=O) groups is 2. The van der Waals surface area contributed by atoms with Crippen molar-refractivity contribution in [3.63, 3.8) is 0 Å². The highest BCUT2D eigenvalue weighted by Crippen LogP contribution is 2.19. The predicted octanol–water partition coefficient (Wildman–Crippen LogP) is 1.30. The summed E-state index contributed by atoms with van der Waals surface area (Å²) in [7, 11) is -1.17. The molecule has 0 aliphatic carbocycles. The molecular formula is C11H20O4S. The Labute approximate surface area is 99.2 Å². The van der Waals surface area contributed by atoms with Crippen LogP contribution in [-0.2, 0) is 25.1 Å². The fraction of sp³-hybridized carbons (Fsp3) is 0.818. The molecule has 16 heavy (non-hydrogen) atoms. The molecule has 0 aromatic carbocycles. The Kier molecular flexibility index (Phi) is 6.48. The minimum Gasteiger partial charge on any atom is -0.465 e. The Morgan fingerprint density at radius 1 is 1.25 bits per heavy atom. The minimum absolute atomic E-state index is 0.0698. The summed E-state index contributed by atoms with van der Waals surface area (Å²) in [4.78, 5) is 23.3. The molecule has 4 nitrogen and oxygen atoms in total. The van der Waals surface area contributed by atoms with E-state index in [-0.39, 0.29) is 18.1 Å². The fourth-order valence-electron chi connectivity index (χ4n) is 1.05. The summed E-state index contributed by atoms with van der Waals surface area (Å²) in [6, 6.07) is 0. The zero-order chi connectivity index (χ0) is 12.8. The molecule has 0 radical (unpaired) electrons. The highest BCUT2D eigenvalue weighted by Gasteiger charge is 2.37. The summed E-state index contributed by atoms with van der Waals surface area (Å²) in [6.45, 7) is 6.85. The van der Waals surface area contributed by atoms with Gasteiger partial charge in [-0.1, -0.05) is 6.92 Å². The average Bonchev–Trinajstić information content (AvgIpc) is 2.18. The van der Waals surface area contributed by atoms with Crippen LogP contribution in [-0.4, -0.2) is 34.1 Å². The second kappa shape index (κ2) is 6.78.